The number of hydrogen-bond donors (Lipinski definition) is 0. The van der Waals surface area contributed by atoms with Crippen LogP contribution in [-0.4, -0.2) is 25.2 Å². The first-order valence-electron chi connectivity index (χ1n) is 5.60. The Labute approximate surface area is 102 Å². The van der Waals surface area contributed by atoms with Crippen molar-refractivity contribution in [2.24, 2.45) is 0 Å². The molecule has 0 aromatic rings. The van der Waals surface area contributed by atoms with Crippen LogP contribution in [0.1, 0.15) is 33.1 Å². The van der Waals surface area contributed by atoms with Crippen LogP contribution >= 0.6 is 0 Å². The molecule has 4 heteroatoms. The molecule has 4 nitrogen and oxygen atoms in total. The van der Waals surface area contributed by atoms with Gasteiger partial charge >= 0.3 is 11.9 Å². The van der Waals surface area contributed by atoms with Crippen molar-refractivity contribution in [3.8, 4) is 0 Å². The monoisotopic (exact) mass is 240 g/mol. The molecule has 0 aliphatic rings. The maximum Gasteiger partial charge on any atom is 0.333 e. The highest BCUT2D eigenvalue weighted by molar-refractivity contribution is 5.87. The highest BCUT2D eigenvalue weighted by Gasteiger charge is 2.03. The van der Waals surface area contributed by atoms with Gasteiger partial charge < -0.3 is 9.47 Å². The average molecular weight is 240 g/mol. The lowest BCUT2D eigenvalue weighted by Gasteiger charge is -2.05. The zero-order valence-corrected chi connectivity index (χ0v) is 10.6. The van der Waals surface area contributed by atoms with Crippen molar-refractivity contribution < 1.29 is 19.1 Å². The Balaban J connectivity index is 3.36. The first-order valence-corrected chi connectivity index (χ1v) is 5.60. The third-order valence-electron chi connectivity index (χ3n) is 1.95. The van der Waals surface area contributed by atoms with Gasteiger partial charge in [0, 0.05) is 11.1 Å². The van der Waals surface area contributed by atoms with E-state index in [0.29, 0.717) is 24.4 Å². The van der Waals surface area contributed by atoms with E-state index in [1.807, 2.05) is 0 Å². The molecule has 0 heterocycles. The second-order valence-corrected chi connectivity index (χ2v) is 3.89. The molecule has 0 spiro atoms. The number of unbranched alkanes of at least 4 members (excludes halogenated alkanes) is 2. The highest BCUT2D eigenvalue weighted by atomic mass is 16.5. The fourth-order valence-corrected chi connectivity index (χ4v) is 0.957. The molecular weight excluding hydrogens is 220 g/mol. The fourth-order valence-electron chi connectivity index (χ4n) is 0.957. The van der Waals surface area contributed by atoms with Crippen LogP contribution in [0, 0.1) is 0 Å². The molecule has 0 rings (SSSR count). The van der Waals surface area contributed by atoms with Gasteiger partial charge in [-0.15, -0.1) is 0 Å². The average Bonchev–Trinajstić information content (AvgIpc) is 2.26. The summed E-state index contributed by atoms with van der Waals surface area (Å²) in [4.78, 5) is 22.0. The molecule has 0 radical (unpaired) electrons. The van der Waals surface area contributed by atoms with Crippen molar-refractivity contribution in [2.45, 2.75) is 33.1 Å². The van der Waals surface area contributed by atoms with Crippen LogP contribution in [0.2, 0.25) is 0 Å². The number of ether oxygens (including phenoxy) is 2. The summed E-state index contributed by atoms with van der Waals surface area (Å²) in [6, 6.07) is 0. The summed E-state index contributed by atoms with van der Waals surface area (Å²) < 4.78 is 9.82. The first kappa shape index (κ1) is 15.4. The van der Waals surface area contributed by atoms with Gasteiger partial charge in [0.1, 0.15) is 0 Å². The van der Waals surface area contributed by atoms with Crippen molar-refractivity contribution in [1.82, 2.24) is 0 Å². The smallest absolute Gasteiger partial charge is 0.333 e. The van der Waals surface area contributed by atoms with Crippen molar-refractivity contribution in [1.29, 1.82) is 0 Å². The van der Waals surface area contributed by atoms with E-state index in [1.54, 1.807) is 13.8 Å². The van der Waals surface area contributed by atoms with E-state index in [0.717, 1.165) is 19.3 Å². The zero-order chi connectivity index (χ0) is 13.3. The van der Waals surface area contributed by atoms with Crippen molar-refractivity contribution in [3.05, 3.63) is 24.3 Å². The molecule has 96 valence electrons. The van der Waals surface area contributed by atoms with Gasteiger partial charge in [-0.05, 0) is 33.1 Å². The maximum absolute atomic E-state index is 11.0. The number of rotatable bonds is 8. The second kappa shape index (κ2) is 8.56. The molecule has 0 bridgehead atoms. The topological polar surface area (TPSA) is 52.6 Å². The van der Waals surface area contributed by atoms with Crippen LogP contribution in [0.4, 0.5) is 0 Å². The Hall–Kier alpha value is -1.58. The number of hydrogen-bond acceptors (Lipinski definition) is 4. The number of carbonyl (C=O) groups is 2. The van der Waals surface area contributed by atoms with Gasteiger partial charge in [0.05, 0.1) is 13.2 Å². The Morgan fingerprint density at radius 2 is 1.18 bits per heavy atom. The minimum atomic E-state index is -0.362. The van der Waals surface area contributed by atoms with E-state index in [1.165, 1.54) is 0 Å². The summed E-state index contributed by atoms with van der Waals surface area (Å²) in [6.07, 6.45) is 2.35. The standard InChI is InChI=1S/C13H20O4/c1-10(2)12(14)16-8-6-5-7-9-17-13(15)11(3)4/h1,3,5-9H2,2,4H3. The lowest BCUT2D eigenvalue weighted by Crippen LogP contribution is -2.08. The molecular formula is C13H20O4. The van der Waals surface area contributed by atoms with Crippen molar-refractivity contribution in [3.63, 3.8) is 0 Å². The van der Waals surface area contributed by atoms with E-state index in [9.17, 15) is 9.59 Å². The lowest BCUT2D eigenvalue weighted by molar-refractivity contribution is -0.139. The van der Waals surface area contributed by atoms with Gasteiger partial charge in [-0.3, -0.25) is 0 Å². The normalized spacial score (nSPS) is 9.53. The summed E-state index contributed by atoms with van der Waals surface area (Å²) in [5.74, 6) is -0.725. The minimum Gasteiger partial charge on any atom is -0.462 e. The van der Waals surface area contributed by atoms with Gasteiger partial charge in [-0.25, -0.2) is 9.59 Å². The van der Waals surface area contributed by atoms with E-state index in [2.05, 4.69) is 13.2 Å². The number of carbonyl (C=O) groups excluding carboxylic acids is 2. The second-order valence-electron chi connectivity index (χ2n) is 3.89. The minimum absolute atomic E-state index is 0.362. The van der Waals surface area contributed by atoms with E-state index < -0.39 is 0 Å². The SMILES string of the molecule is C=C(C)C(=O)OCCCCCOC(=O)C(=C)C. The molecule has 0 atom stereocenters. The molecule has 0 fully saturated rings. The van der Waals surface area contributed by atoms with Crippen LogP contribution in [0.25, 0.3) is 0 Å². The quantitative estimate of drug-likeness (QED) is 0.371. The van der Waals surface area contributed by atoms with E-state index >= 15 is 0 Å². The summed E-state index contributed by atoms with van der Waals surface area (Å²) in [6.45, 7) is 10.9. The van der Waals surface area contributed by atoms with Gasteiger partial charge in [-0.2, -0.15) is 0 Å². The molecule has 0 amide bonds. The molecule has 0 aliphatic heterocycles. The van der Waals surface area contributed by atoms with Crippen LogP contribution in [-0.2, 0) is 19.1 Å². The van der Waals surface area contributed by atoms with E-state index in [4.69, 9.17) is 9.47 Å². The van der Waals surface area contributed by atoms with Crippen LogP contribution in [0.5, 0.6) is 0 Å². The van der Waals surface area contributed by atoms with Gasteiger partial charge in [0.25, 0.3) is 0 Å². The Bertz CT molecular complexity index is 275. The molecule has 0 aromatic carbocycles. The van der Waals surface area contributed by atoms with Crippen molar-refractivity contribution in [2.75, 3.05) is 13.2 Å². The third kappa shape index (κ3) is 8.25. The summed E-state index contributed by atoms with van der Waals surface area (Å²) >= 11 is 0. The Morgan fingerprint density at radius 3 is 1.47 bits per heavy atom. The number of esters is 2. The molecule has 0 aromatic heterocycles. The molecule has 0 aliphatic carbocycles. The molecule has 0 unspecified atom stereocenters. The van der Waals surface area contributed by atoms with Crippen LogP contribution < -0.4 is 0 Å². The predicted octanol–water partition coefficient (Wildman–Crippen LogP) is 2.40. The van der Waals surface area contributed by atoms with Gasteiger partial charge in [-0.1, -0.05) is 13.2 Å². The molecule has 0 N–H and O–H groups in total. The molecule has 0 saturated heterocycles. The van der Waals surface area contributed by atoms with E-state index in [-0.39, 0.29) is 11.9 Å². The third-order valence-corrected chi connectivity index (χ3v) is 1.95. The largest absolute Gasteiger partial charge is 0.462 e. The van der Waals surface area contributed by atoms with Crippen LogP contribution in [0.3, 0.4) is 0 Å². The van der Waals surface area contributed by atoms with Gasteiger partial charge in [0.15, 0.2) is 0 Å². The van der Waals surface area contributed by atoms with Gasteiger partial charge in [0.2, 0.25) is 0 Å². The predicted molar refractivity (Wildman–Crippen MR) is 65.4 cm³/mol. The lowest BCUT2D eigenvalue weighted by atomic mass is 10.2. The summed E-state index contributed by atoms with van der Waals surface area (Å²) in [7, 11) is 0. The highest BCUT2D eigenvalue weighted by Crippen LogP contribution is 2.00. The summed E-state index contributed by atoms with van der Waals surface area (Å²) in [5, 5.41) is 0. The Kier molecular flexibility index (Phi) is 7.76. The maximum atomic E-state index is 11.0. The summed E-state index contributed by atoms with van der Waals surface area (Å²) in [5.41, 5.74) is 0.806. The fraction of sp³-hybridized carbons (Fsp3) is 0.538. The zero-order valence-electron chi connectivity index (χ0n) is 10.6. The molecule has 17 heavy (non-hydrogen) atoms. The van der Waals surface area contributed by atoms with Crippen LogP contribution in [0.15, 0.2) is 24.3 Å². The molecule has 0 saturated carbocycles. The Morgan fingerprint density at radius 1 is 0.824 bits per heavy atom. The van der Waals surface area contributed by atoms with Crippen molar-refractivity contribution >= 4 is 11.9 Å². The first-order chi connectivity index (χ1) is 7.95.